The lowest BCUT2D eigenvalue weighted by atomic mass is 9.93. The summed E-state index contributed by atoms with van der Waals surface area (Å²) >= 11 is 0. The van der Waals surface area contributed by atoms with E-state index in [4.69, 9.17) is 0 Å². The Kier molecular flexibility index (Phi) is 7.50. The minimum Gasteiger partial charge on any atom is -0.313 e. The highest BCUT2D eigenvalue weighted by Crippen LogP contribution is 2.15. The molecule has 0 aliphatic carbocycles. The summed E-state index contributed by atoms with van der Waals surface area (Å²) < 4.78 is 27.0. The topological polar surface area (TPSA) is 61.4 Å². The quantitative estimate of drug-likeness (QED) is 0.662. The third-order valence-electron chi connectivity index (χ3n) is 2.84. The van der Waals surface area contributed by atoms with Crippen LogP contribution in [0.25, 0.3) is 0 Å². The van der Waals surface area contributed by atoms with E-state index in [2.05, 4.69) is 28.8 Å². The highest BCUT2D eigenvalue weighted by atomic mass is 32.2. The number of hydrogen-bond donors (Lipinski definition) is 2. The molecular formula is C13H31N3O2S. The first kappa shape index (κ1) is 18.8. The summed E-state index contributed by atoms with van der Waals surface area (Å²) in [6.07, 6.45) is 0. The van der Waals surface area contributed by atoms with E-state index in [-0.39, 0.29) is 5.41 Å². The molecular weight excluding hydrogens is 262 g/mol. The van der Waals surface area contributed by atoms with Gasteiger partial charge >= 0.3 is 0 Å². The first-order chi connectivity index (χ1) is 8.46. The Morgan fingerprint density at radius 1 is 1.16 bits per heavy atom. The second-order valence-electron chi connectivity index (χ2n) is 6.64. The van der Waals surface area contributed by atoms with Gasteiger partial charge in [0.2, 0.25) is 10.0 Å². The van der Waals surface area contributed by atoms with Crippen LogP contribution in [0, 0.1) is 5.41 Å². The Bertz CT molecular complexity index is 351. The van der Waals surface area contributed by atoms with Crippen LogP contribution in [0.2, 0.25) is 0 Å². The maximum Gasteiger partial charge on any atom is 0.215 e. The molecule has 0 spiro atoms. The van der Waals surface area contributed by atoms with E-state index >= 15 is 0 Å². The van der Waals surface area contributed by atoms with Crippen LogP contribution in [0.15, 0.2) is 0 Å². The van der Waals surface area contributed by atoms with Gasteiger partial charge in [-0.2, -0.15) is 0 Å². The Morgan fingerprint density at radius 2 is 1.68 bits per heavy atom. The van der Waals surface area contributed by atoms with E-state index in [1.54, 1.807) is 6.92 Å². The smallest absolute Gasteiger partial charge is 0.215 e. The third kappa shape index (κ3) is 8.57. The monoisotopic (exact) mass is 293 g/mol. The van der Waals surface area contributed by atoms with Crippen LogP contribution in [0.4, 0.5) is 0 Å². The summed E-state index contributed by atoms with van der Waals surface area (Å²) in [5, 5.41) is 2.73. The van der Waals surface area contributed by atoms with Crippen molar-refractivity contribution in [1.82, 2.24) is 14.9 Å². The minimum atomic E-state index is -3.26. The highest BCUT2D eigenvalue weighted by molar-refractivity contribution is 7.90. The van der Waals surface area contributed by atoms with E-state index < -0.39 is 15.3 Å². The molecule has 0 radical (unpaired) electrons. The zero-order valence-electron chi connectivity index (χ0n) is 13.4. The molecule has 0 aromatic carbocycles. The van der Waals surface area contributed by atoms with Crippen molar-refractivity contribution in [2.75, 3.05) is 33.7 Å². The van der Waals surface area contributed by atoms with Gasteiger partial charge in [-0.3, -0.25) is 0 Å². The van der Waals surface area contributed by atoms with Gasteiger partial charge in [0.05, 0.1) is 5.25 Å². The number of rotatable bonds is 9. The van der Waals surface area contributed by atoms with Gasteiger partial charge < -0.3 is 10.2 Å². The summed E-state index contributed by atoms with van der Waals surface area (Å²) in [5.74, 6) is 0. The normalized spacial score (nSPS) is 15.2. The molecule has 0 aromatic heterocycles. The predicted molar refractivity (Wildman–Crippen MR) is 81.9 cm³/mol. The fourth-order valence-electron chi connectivity index (χ4n) is 1.86. The first-order valence-electron chi connectivity index (χ1n) is 6.83. The van der Waals surface area contributed by atoms with Gasteiger partial charge in [0, 0.05) is 25.7 Å². The molecule has 0 amide bonds. The van der Waals surface area contributed by atoms with Crippen molar-refractivity contribution in [2.24, 2.45) is 5.41 Å². The van der Waals surface area contributed by atoms with E-state index in [1.165, 1.54) is 0 Å². The van der Waals surface area contributed by atoms with Gasteiger partial charge in [0.15, 0.2) is 0 Å². The molecule has 0 aliphatic rings. The summed E-state index contributed by atoms with van der Waals surface area (Å²) in [4.78, 5) is 2.07. The Balaban J connectivity index is 4.37. The molecule has 19 heavy (non-hydrogen) atoms. The molecule has 0 rings (SSSR count). The predicted octanol–water partition coefficient (Wildman–Crippen LogP) is 0.880. The fraction of sp³-hybridized carbons (Fsp3) is 1.00. The van der Waals surface area contributed by atoms with Crippen LogP contribution in [-0.2, 0) is 10.0 Å². The van der Waals surface area contributed by atoms with E-state index in [0.717, 1.165) is 6.54 Å². The first-order valence-corrected chi connectivity index (χ1v) is 8.37. The van der Waals surface area contributed by atoms with Crippen LogP contribution < -0.4 is 10.0 Å². The van der Waals surface area contributed by atoms with Crippen molar-refractivity contribution in [3.63, 3.8) is 0 Å². The average molecular weight is 293 g/mol. The second kappa shape index (κ2) is 7.57. The third-order valence-corrected chi connectivity index (χ3v) is 4.61. The lowest BCUT2D eigenvalue weighted by Gasteiger charge is -2.29. The van der Waals surface area contributed by atoms with Crippen molar-refractivity contribution in [3.8, 4) is 0 Å². The summed E-state index contributed by atoms with van der Waals surface area (Å²) in [6.45, 7) is 11.6. The van der Waals surface area contributed by atoms with Gasteiger partial charge in [-0.05, 0) is 26.4 Å². The average Bonchev–Trinajstić information content (AvgIpc) is 2.21. The lowest BCUT2D eigenvalue weighted by molar-refractivity contribution is 0.242. The standard InChI is InChI=1S/C13H31N3O2S/c1-11(2)14-8-12(3)19(17,18)15-9-13(4,5)10-16(6)7/h11-12,14-15H,8-10H2,1-7H3. The Labute approximate surface area is 119 Å². The molecule has 5 nitrogen and oxygen atoms in total. The molecule has 1 atom stereocenters. The van der Waals surface area contributed by atoms with Gasteiger partial charge in [-0.25, -0.2) is 13.1 Å². The van der Waals surface area contributed by atoms with Gasteiger partial charge in [0.25, 0.3) is 0 Å². The Hall–Kier alpha value is -0.170. The molecule has 0 aromatic rings. The SMILES string of the molecule is CC(C)NCC(C)S(=O)(=O)NCC(C)(C)CN(C)C. The van der Waals surface area contributed by atoms with Crippen molar-refractivity contribution in [3.05, 3.63) is 0 Å². The van der Waals surface area contributed by atoms with E-state index in [9.17, 15) is 8.42 Å². The molecule has 6 heteroatoms. The largest absolute Gasteiger partial charge is 0.313 e. The van der Waals surface area contributed by atoms with Crippen molar-refractivity contribution >= 4 is 10.0 Å². The molecule has 0 bridgehead atoms. The number of sulfonamides is 1. The summed E-state index contributed by atoms with van der Waals surface area (Å²) in [7, 11) is 0.727. The zero-order valence-corrected chi connectivity index (χ0v) is 14.3. The van der Waals surface area contributed by atoms with E-state index in [1.807, 2.05) is 27.9 Å². The number of hydrogen-bond acceptors (Lipinski definition) is 4. The molecule has 116 valence electrons. The van der Waals surface area contributed by atoms with Crippen molar-refractivity contribution in [2.45, 2.75) is 45.9 Å². The molecule has 0 saturated carbocycles. The van der Waals surface area contributed by atoms with Gasteiger partial charge in [-0.15, -0.1) is 0 Å². The van der Waals surface area contributed by atoms with Crippen LogP contribution in [-0.4, -0.2) is 58.3 Å². The second-order valence-corrected chi connectivity index (χ2v) is 8.83. The molecule has 0 heterocycles. The minimum absolute atomic E-state index is 0.0816. The maximum absolute atomic E-state index is 12.1. The van der Waals surface area contributed by atoms with E-state index in [0.29, 0.717) is 19.1 Å². The lowest BCUT2D eigenvalue weighted by Crippen LogP contribution is -2.45. The Morgan fingerprint density at radius 3 is 2.11 bits per heavy atom. The molecule has 1 unspecified atom stereocenters. The molecule has 2 N–H and O–H groups in total. The fourth-order valence-corrected chi connectivity index (χ4v) is 3.05. The number of nitrogens with zero attached hydrogens (tertiary/aromatic N) is 1. The summed E-state index contributed by atoms with van der Waals surface area (Å²) in [5.41, 5.74) is -0.0816. The van der Waals surface area contributed by atoms with Crippen molar-refractivity contribution in [1.29, 1.82) is 0 Å². The van der Waals surface area contributed by atoms with Gasteiger partial charge in [0.1, 0.15) is 0 Å². The van der Waals surface area contributed by atoms with Gasteiger partial charge in [-0.1, -0.05) is 27.7 Å². The molecule has 0 saturated heterocycles. The number of nitrogens with one attached hydrogen (secondary N) is 2. The van der Waals surface area contributed by atoms with Crippen LogP contribution in [0.3, 0.4) is 0 Å². The zero-order chi connectivity index (χ0) is 15.3. The molecule has 0 aliphatic heterocycles. The molecule has 0 fully saturated rings. The van der Waals surface area contributed by atoms with Crippen LogP contribution in [0.5, 0.6) is 0 Å². The van der Waals surface area contributed by atoms with Crippen LogP contribution >= 0.6 is 0 Å². The highest BCUT2D eigenvalue weighted by Gasteiger charge is 2.25. The van der Waals surface area contributed by atoms with Crippen LogP contribution in [0.1, 0.15) is 34.6 Å². The summed E-state index contributed by atoms with van der Waals surface area (Å²) in [6, 6.07) is 0.294. The van der Waals surface area contributed by atoms with Crippen molar-refractivity contribution < 1.29 is 8.42 Å². The maximum atomic E-state index is 12.1.